The summed E-state index contributed by atoms with van der Waals surface area (Å²) < 4.78 is 7.53. The molecule has 2 aromatic carbocycles. The molecule has 0 bridgehead atoms. The van der Waals surface area contributed by atoms with Crippen molar-refractivity contribution in [2.24, 2.45) is 0 Å². The molecule has 1 aliphatic heterocycles. The minimum Gasteiger partial charge on any atom is -0.467 e. The number of pyridine rings is 1. The molecule has 190 valence electrons. The largest absolute Gasteiger partial charge is 0.467 e. The first kappa shape index (κ1) is 23.8. The molecule has 0 aliphatic carbocycles. The lowest BCUT2D eigenvalue weighted by molar-refractivity contribution is -0.112. The van der Waals surface area contributed by atoms with Crippen molar-refractivity contribution in [1.29, 1.82) is 0 Å². The number of furan rings is 1. The molecular weight excluding hydrogens is 476 g/mol. The summed E-state index contributed by atoms with van der Waals surface area (Å²) in [5, 5.41) is 6.26. The van der Waals surface area contributed by atoms with Gasteiger partial charge < -0.3 is 24.4 Å². The Hall–Kier alpha value is -4.62. The summed E-state index contributed by atoms with van der Waals surface area (Å²) in [5.74, 6) is -0.380. The van der Waals surface area contributed by atoms with Crippen LogP contribution in [-0.2, 0) is 10.3 Å². The number of benzene rings is 2. The van der Waals surface area contributed by atoms with E-state index in [9.17, 15) is 9.59 Å². The molecule has 1 saturated heterocycles. The van der Waals surface area contributed by atoms with Gasteiger partial charge >= 0.3 is 0 Å². The molecule has 6 rings (SSSR count). The second-order valence-corrected chi connectivity index (χ2v) is 9.68. The van der Waals surface area contributed by atoms with E-state index in [4.69, 9.17) is 4.42 Å². The van der Waals surface area contributed by atoms with Crippen LogP contribution in [-0.4, -0.2) is 35.7 Å². The number of hydrogen-bond acceptors (Lipinski definition) is 5. The zero-order valence-electron chi connectivity index (χ0n) is 21.1. The summed E-state index contributed by atoms with van der Waals surface area (Å²) >= 11 is 0. The molecular formula is C31H28N4O3. The molecule has 7 nitrogen and oxygen atoms in total. The number of piperazine rings is 1. The van der Waals surface area contributed by atoms with E-state index in [1.54, 1.807) is 16.9 Å². The Morgan fingerprint density at radius 1 is 0.947 bits per heavy atom. The summed E-state index contributed by atoms with van der Waals surface area (Å²) in [7, 11) is 0. The van der Waals surface area contributed by atoms with Gasteiger partial charge in [0.15, 0.2) is 0 Å². The van der Waals surface area contributed by atoms with Crippen molar-refractivity contribution in [1.82, 2.24) is 9.72 Å². The van der Waals surface area contributed by atoms with Gasteiger partial charge in [-0.3, -0.25) is 9.59 Å². The summed E-state index contributed by atoms with van der Waals surface area (Å²) in [4.78, 5) is 29.0. The van der Waals surface area contributed by atoms with Crippen molar-refractivity contribution in [3.8, 4) is 11.1 Å². The highest BCUT2D eigenvalue weighted by molar-refractivity contribution is 6.47. The number of Topliss-reactive ketones (excluding diaryl/α,β-unsaturated/α-hetero) is 1. The summed E-state index contributed by atoms with van der Waals surface area (Å²) in [5.41, 5.74) is 4.03. The number of nitrogens with zero attached hydrogens (tertiary/aromatic N) is 2. The van der Waals surface area contributed by atoms with Crippen LogP contribution in [0.4, 0.5) is 11.4 Å². The van der Waals surface area contributed by atoms with E-state index in [-0.39, 0.29) is 5.54 Å². The number of fused-ring (bicyclic) bond motifs is 1. The Labute approximate surface area is 220 Å². The van der Waals surface area contributed by atoms with Crippen molar-refractivity contribution in [2.45, 2.75) is 12.5 Å². The second-order valence-electron chi connectivity index (χ2n) is 9.68. The van der Waals surface area contributed by atoms with E-state index in [2.05, 4.69) is 22.5 Å². The van der Waals surface area contributed by atoms with Crippen LogP contribution in [0.5, 0.6) is 0 Å². The van der Waals surface area contributed by atoms with E-state index < -0.39 is 11.7 Å². The highest BCUT2D eigenvalue weighted by Gasteiger charge is 2.38. The van der Waals surface area contributed by atoms with Gasteiger partial charge in [0.05, 0.1) is 6.26 Å². The molecule has 1 aliphatic rings. The molecule has 38 heavy (non-hydrogen) atoms. The first-order valence-corrected chi connectivity index (χ1v) is 12.7. The maximum atomic E-state index is 13.5. The zero-order valence-corrected chi connectivity index (χ0v) is 21.1. The number of carbonyl (C=O) groups is 2. The predicted molar refractivity (Wildman–Crippen MR) is 149 cm³/mol. The number of ketones is 1. The third-order valence-corrected chi connectivity index (χ3v) is 7.25. The lowest BCUT2D eigenvalue weighted by atomic mass is 9.93. The first-order chi connectivity index (χ1) is 18.5. The minimum absolute atomic E-state index is 0.341. The molecule has 0 saturated carbocycles. The SMILES string of the molecule is CC1(c2ccco2)CNCCN1c1ccc(NC(=O)C(=O)c2c(-c3ccccc3)cc3ccccn23)cc1. The van der Waals surface area contributed by atoms with Gasteiger partial charge in [0.2, 0.25) is 0 Å². The molecule has 4 heterocycles. The Balaban J connectivity index is 1.26. The standard InChI is InChI=1S/C31H28N4O3/c1-31(27-11-7-19-38-27)21-32-16-18-35(31)24-14-12-23(13-15-24)33-30(37)29(36)28-26(22-8-3-2-4-9-22)20-25-10-5-6-17-34(25)28/h2-15,17,19-20,32H,16,18,21H2,1H3,(H,33,37). The van der Waals surface area contributed by atoms with Crippen molar-refractivity contribution < 1.29 is 14.0 Å². The van der Waals surface area contributed by atoms with E-state index in [1.807, 2.05) is 91.0 Å². The van der Waals surface area contributed by atoms with Gasteiger partial charge in [0.1, 0.15) is 17.0 Å². The van der Waals surface area contributed by atoms with Crippen LogP contribution in [0, 0.1) is 0 Å². The fourth-order valence-corrected chi connectivity index (χ4v) is 5.30. The fraction of sp³-hybridized carbons (Fsp3) is 0.161. The minimum atomic E-state index is -0.679. The predicted octanol–water partition coefficient (Wildman–Crippen LogP) is 5.35. The van der Waals surface area contributed by atoms with Gasteiger partial charge in [-0.1, -0.05) is 36.4 Å². The van der Waals surface area contributed by atoms with Crippen molar-refractivity contribution in [3.05, 3.63) is 115 Å². The Kier molecular flexibility index (Phi) is 6.05. The first-order valence-electron chi connectivity index (χ1n) is 12.7. The van der Waals surface area contributed by atoms with Crippen molar-refractivity contribution in [3.63, 3.8) is 0 Å². The number of carbonyl (C=O) groups excluding carboxylic acids is 2. The third-order valence-electron chi connectivity index (χ3n) is 7.25. The average Bonchev–Trinajstić information content (AvgIpc) is 3.63. The van der Waals surface area contributed by atoms with Crippen LogP contribution < -0.4 is 15.5 Å². The van der Waals surface area contributed by atoms with Crippen molar-refractivity contribution in [2.75, 3.05) is 29.9 Å². The van der Waals surface area contributed by atoms with E-state index in [0.29, 0.717) is 11.4 Å². The smallest absolute Gasteiger partial charge is 0.298 e. The fourth-order valence-electron chi connectivity index (χ4n) is 5.30. The van der Waals surface area contributed by atoms with E-state index in [1.165, 1.54) is 0 Å². The highest BCUT2D eigenvalue weighted by Crippen LogP contribution is 2.35. The molecule has 3 aromatic heterocycles. The summed E-state index contributed by atoms with van der Waals surface area (Å²) in [6.45, 7) is 4.57. The van der Waals surface area contributed by atoms with Gasteiger partial charge in [0, 0.05) is 48.3 Å². The molecule has 5 aromatic rings. The topological polar surface area (TPSA) is 79.0 Å². The van der Waals surface area contributed by atoms with Crippen LogP contribution in [0.1, 0.15) is 23.2 Å². The van der Waals surface area contributed by atoms with Gasteiger partial charge in [-0.2, -0.15) is 0 Å². The van der Waals surface area contributed by atoms with Gasteiger partial charge in [0.25, 0.3) is 11.7 Å². The van der Waals surface area contributed by atoms with Gasteiger partial charge in [-0.15, -0.1) is 0 Å². The molecule has 0 radical (unpaired) electrons. The Morgan fingerprint density at radius 3 is 2.50 bits per heavy atom. The molecule has 1 unspecified atom stereocenters. The molecule has 1 fully saturated rings. The number of amides is 1. The molecule has 2 N–H and O–H groups in total. The molecule has 0 spiro atoms. The quantitative estimate of drug-likeness (QED) is 0.241. The van der Waals surface area contributed by atoms with Gasteiger partial charge in [-0.05, 0) is 67.1 Å². The number of anilines is 2. The monoisotopic (exact) mass is 504 g/mol. The zero-order chi connectivity index (χ0) is 26.1. The maximum Gasteiger partial charge on any atom is 0.298 e. The second kappa shape index (κ2) is 9.68. The Bertz CT molecular complexity index is 1590. The Morgan fingerprint density at radius 2 is 1.74 bits per heavy atom. The molecule has 7 heteroatoms. The van der Waals surface area contributed by atoms with Crippen LogP contribution in [0.2, 0.25) is 0 Å². The van der Waals surface area contributed by atoms with Crippen LogP contribution in [0.25, 0.3) is 16.6 Å². The van der Waals surface area contributed by atoms with E-state index >= 15 is 0 Å². The maximum absolute atomic E-state index is 13.5. The van der Waals surface area contributed by atoms with Crippen LogP contribution in [0.15, 0.2) is 108 Å². The number of aromatic nitrogens is 1. The summed E-state index contributed by atoms with van der Waals surface area (Å²) in [6.07, 6.45) is 3.50. The number of hydrogen-bond donors (Lipinski definition) is 2. The lowest BCUT2D eigenvalue weighted by Gasteiger charge is -2.45. The van der Waals surface area contributed by atoms with Crippen LogP contribution in [0.3, 0.4) is 0 Å². The van der Waals surface area contributed by atoms with Crippen LogP contribution >= 0.6 is 0 Å². The highest BCUT2D eigenvalue weighted by atomic mass is 16.3. The third kappa shape index (κ3) is 4.17. The average molecular weight is 505 g/mol. The molecule has 1 atom stereocenters. The normalized spacial score (nSPS) is 17.4. The number of rotatable bonds is 6. The van der Waals surface area contributed by atoms with Gasteiger partial charge in [-0.25, -0.2) is 0 Å². The summed E-state index contributed by atoms with van der Waals surface area (Å²) in [6, 6.07) is 28.8. The lowest BCUT2D eigenvalue weighted by Crippen LogP contribution is -2.57. The van der Waals surface area contributed by atoms with Crippen molar-refractivity contribution >= 4 is 28.6 Å². The number of nitrogens with one attached hydrogen (secondary N) is 2. The van der Waals surface area contributed by atoms with E-state index in [0.717, 1.165) is 47.7 Å². The molecule has 1 amide bonds.